The highest BCUT2D eigenvalue weighted by molar-refractivity contribution is 6.30. The first-order chi connectivity index (χ1) is 9.08. The minimum absolute atomic E-state index is 0.0662. The lowest BCUT2D eigenvalue weighted by molar-refractivity contribution is 0.487. The van der Waals surface area contributed by atoms with E-state index in [0.717, 1.165) is 5.56 Å². The van der Waals surface area contributed by atoms with Gasteiger partial charge in [-0.1, -0.05) is 29.8 Å². The molecule has 0 heterocycles. The quantitative estimate of drug-likeness (QED) is 0.872. The van der Waals surface area contributed by atoms with Gasteiger partial charge in [0.25, 0.3) is 0 Å². The van der Waals surface area contributed by atoms with E-state index >= 15 is 0 Å². The first-order valence-electron chi connectivity index (χ1n) is 5.99. The second kappa shape index (κ2) is 6.13. The molecule has 0 aliphatic heterocycles. The minimum atomic E-state index is -0.531. The Hall–Kier alpha value is -1.45. The van der Waals surface area contributed by atoms with Gasteiger partial charge in [0.2, 0.25) is 0 Å². The molecule has 0 spiro atoms. The molecule has 2 aromatic carbocycles. The minimum Gasteiger partial charge on any atom is -0.306 e. The van der Waals surface area contributed by atoms with Gasteiger partial charge >= 0.3 is 0 Å². The van der Waals surface area contributed by atoms with Crippen LogP contribution in [0.2, 0.25) is 5.02 Å². The van der Waals surface area contributed by atoms with E-state index in [1.54, 1.807) is 19.1 Å². The summed E-state index contributed by atoms with van der Waals surface area (Å²) in [6.07, 6.45) is 0. The summed E-state index contributed by atoms with van der Waals surface area (Å²) < 4.78 is 27.2. The second-order valence-electron chi connectivity index (χ2n) is 4.36. The van der Waals surface area contributed by atoms with Gasteiger partial charge in [0.15, 0.2) is 0 Å². The molecule has 1 nitrogen and oxygen atoms in total. The SMILES string of the molecule is CC(NCc1ccc(Cl)cc1)c1c(F)cccc1F. The number of rotatable bonds is 4. The third kappa shape index (κ3) is 3.52. The Morgan fingerprint density at radius 3 is 2.21 bits per heavy atom. The van der Waals surface area contributed by atoms with Crippen molar-refractivity contribution in [1.82, 2.24) is 5.32 Å². The molecule has 0 fully saturated rings. The largest absolute Gasteiger partial charge is 0.306 e. The van der Waals surface area contributed by atoms with Crippen molar-refractivity contribution in [3.8, 4) is 0 Å². The molecule has 100 valence electrons. The van der Waals surface area contributed by atoms with E-state index in [2.05, 4.69) is 5.32 Å². The lowest BCUT2D eigenvalue weighted by Crippen LogP contribution is -2.20. The highest BCUT2D eigenvalue weighted by Crippen LogP contribution is 2.20. The number of benzene rings is 2. The molecule has 1 N–H and O–H groups in total. The summed E-state index contributed by atoms with van der Waals surface area (Å²) in [5.41, 5.74) is 1.07. The van der Waals surface area contributed by atoms with Gasteiger partial charge in [-0.25, -0.2) is 8.78 Å². The van der Waals surface area contributed by atoms with Crippen LogP contribution < -0.4 is 5.32 Å². The van der Waals surface area contributed by atoms with Gasteiger partial charge in [-0.15, -0.1) is 0 Å². The zero-order valence-electron chi connectivity index (χ0n) is 10.5. The Labute approximate surface area is 116 Å². The molecule has 1 unspecified atom stereocenters. The van der Waals surface area contributed by atoms with Crippen LogP contribution in [-0.2, 0) is 6.54 Å². The fourth-order valence-electron chi connectivity index (χ4n) is 1.90. The smallest absolute Gasteiger partial charge is 0.130 e. The summed E-state index contributed by atoms with van der Waals surface area (Å²) in [5, 5.41) is 3.76. The van der Waals surface area contributed by atoms with Crippen LogP contribution in [0.5, 0.6) is 0 Å². The molecular formula is C15H14ClF2N. The molecule has 2 rings (SSSR count). The van der Waals surface area contributed by atoms with Crippen molar-refractivity contribution in [2.24, 2.45) is 0 Å². The number of halogens is 3. The van der Waals surface area contributed by atoms with Crippen molar-refractivity contribution < 1.29 is 8.78 Å². The zero-order chi connectivity index (χ0) is 13.8. The van der Waals surface area contributed by atoms with Gasteiger partial charge in [-0.3, -0.25) is 0 Å². The first kappa shape index (κ1) is 14.0. The molecule has 0 aromatic heterocycles. The molecule has 19 heavy (non-hydrogen) atoms. The first-order valence-corrected chi connectivity index (χ1v) is 6.37. The summed E-state index contributed by atoms with van der Waals surface area (Å²) in [6.45, 7) is 2.25. The van der Waals surface area contributed by atoms with E-state index in [9.17, 15) is 8.78 Å². The monoisotopic (exact) mass is 281 g/mol. The summed E-state index contributed by atoms with van der Waals surface area (Å²) in [5.74, 6) is -1.06. The van der Waals surface area contributed by atoms with E-state index in [-0.39, 0.29) is 5.56 Å². The lowest BCUT2D eigenvalue weighted by Gasteiger charge is -2.16. The number of hydrogen-bond acceptors (Lipinski definition) is 1. The molecule has 4 heteroatoms. The van der Waals surface area contributed by atoms with Crippen LogP contribution in [0, 0.1) is 11.6 Å². The standard InChI is InChI=1S/C15H14ClF2N/c1-10(15-13(17)3-2-4-14(15)18)19-9-11-5-7-12(16)8-6-11/h2-8,10,19H,9H2,1H3. The zero-order valence-corrected chi connectivity index (χ0v) is 11.2. The average molecular weight is 282 g/mol. The average Bonchev–Trinajstić information content (AvgIpc) is 2.38. The van der Waals surface area contributed by atoms with Gasteiger partial charge in [-0.2, -0.15) is 0 Å². The fourth-order valence-corrected chi connectivity index (χ4v) is 2.03. The van der Waals surface area contributed by atoms with Crippen LogP contribution in [0.1, 0.15) is 24.1 Å². The van der Waals surface area contributed by atoms with E-state index in [1.807, 2.05) is 12.1 Å². The van der Waals surface area contributed by atoms with E-state index < -0.39 is 17.7 Å². The third-order valence-corrected chi connectivity index (χ3v) is 3.21. The fraction of sp³-hybridized carbons (Fsp3) is 0.200. The summed E-state index contributed by atoms with van der Waals surface area (Å²) in [6, 6.07) is 10.8. The summed E-state index contributed by atoms with van der Waals surface area (Å²) >= 11 is 5.79. The molecular weight excluding hydrogens is 268 g/mol. The Balaban J connectivity index is 2.05. The molecule has 1 atom stereocenters. The highest BCUT2D eigenvalue weighted by Gasteiger charge is 2.15. The van der Waals surface area contributed by atoms with Crippen LogP contribution in [0.3, 0.4) is 0 Å². The lowest BCUT2D eigenvalue weighted by atomic mass is 10.1. The van der Waals surface area contributed by atoms with Gasteiger partial charge in [0, 0.05) is 23.2 Å². The van der Waals surface area contributed by atoms with Gasteiger partial charge in [-0.05, 0) is 36.8 Å². The molecule has 2 aromatic rings. The van der Waals surface area contributed by atoms with Crippen LogP contribution in [0.25, 0.3) is 0 Å². The van der Waals surface area contributed by atoms with E-state index in [1.165, 1.54) is 18.2 Å². The normalized spacial score (nSPS) is 12.4. The molecule has 0 saturated heterocycles. The van der Waals surface area contributed by atoms with Crippen LogP contribution in [-0.4, -0.2) is 0 Å². The Morgan fingerprint density at radius 1 is 1.05 bits per heavy atom. The van der Waals surface area contributed by atoms with Crippen molar-refractivity contribution in [3.63, 3.8) is 0 Å². The summed E-state index contributed by atoms with van der Waals surface area (Å²) in [7, 11) is 0. The van der Waals surface area contributed by atoms with Crippen molar-refractivity contribution in [2.45, 2.75) is 19.5 Å². The Bertz CT molecular complexity index is 534. The maximum Gasteiger partial charge on any atom is 0.130 e. The van der Waals surface area contributed by atoms with Gasteiger partial charge in [0.05, 0.1) is 0 Å². The van der Waals surface area contributed by atoms with Crippen LogP contribution >= 0.6 is 11.6 Å². The van der Waals surface area contributed by atoms with E-state index in [4.69, 9.17) is 11.6 Å². The van der Waals surface area contributed by atoms with Gasteiger partial charge in [0.1, 0.15) is 11.6 Å². The van der Waals surface area contributed by atoms with Crippen LogP contribution in [0.4, 0.5) is 8.78 Å². The molecule has 0 saturated carbocycles. The molecule has 0 bridgehead atoms. The predicted octanol–water partition coefficient (Wildman–Crippen LogP) is 4.47. The highest BCUT2D eigenvalue weighted by atomic mass is 35.5. The van der Waals surface area contributed by atoms with Gasteiger partial charge < -0.3 is 5.32 Å². The third-order valence-electron chi connectivity index (χ3n) is 2.96. The van der Waals surface area contributed by atoms with Crippen molar-refractivity contribution in [2.75, 3.05) is 0 Å². The maximum atomic E-state index is 13.6. The van der Waals surface area contributed by atoms with Crippen molar-refractivity contribution in [1.29, 1.82) is 0 Å². The summed E-state index contributed by atoms with van der Waals surface area (Å²) in [4.78, 5) is 0. The van der Waals surface area contributed by atoms with Crippen molar-refractivity contribution >= 4 is 11.6 Å². The number of hydrogen-bond donors (Lipinski definition) is 1. The second-order valence-corrected chi connectivity index (χ2v) is 4.80. The maximum absolute atomic E-state index is 13.6. The van der Waals surface area contributed by atoms with Crippen LogP contribution in [0.15, 0.2) is 42.5 Å². The van der Waals surface area contributed by atoms with Crippen molar-refractivity contribution in [3.05, 3.63) is 70.2 Å². The molecule has 0 amide bonds. The molecule has 0 aliphatic carbocycles. The van der Waals surface area contributed by atoms with E-state index in [0.29, 0.717) is 11.6 Å². The Morgan fingerprint density at radius 2 is 1.63 bits per heavy atom. The topological polar surface area (TPSA) is 12.0 Å². The molecule has 0 radical (unpaired) electrons. The number of nitrogens with one attached hydrogen (secondary N) is 1. The predicted molar refractivity (Wildman–Crippen MR) is 73.1 cm³/mol. The Kier molecular flexibility index (Phi) is 4.51. The molecule has 0 aliphatic rings.